The molecular weight excluding hydrogens is 184 g/mol. The van der Waals surface area contributed by atoms with Crippen LogP contribution in [0.25, 0.3) is 6.08 Å². The van der Waals surface area contributed by atoms with Gasteiger partial charge in [0.15, 0.2) is 0 Å². The van der Waals surface area contributed by atoms with E-state index in [4.69, 9.17) is 0 Å². The quantitative estimate of drug-likeness (QED) is 0.529. The molecule has 0 heterocycles. The number of aryl methyl sites for hydroxylation is 1. The number of carbonyl (C=O) groups excluding carboxylic acids is 1. The summed E-state index contributed by atoms with van der Waals surface area (Å²) in [4.78, 5) is 10.2. The van der Waals surface area contributed by atoms with Crippen LogP contribution in [0.5, 0.6) is 0 Å². The minimum atomic E-state index is 0.322. The summed E-state index contributed by atoms with van der Waals surface area (Å²) in [7, 11) is 0. The Morgan fingerprint density at radius 1 is 1.33 bits per heavy atom. The molecule has 1 nitrogen and oxygen atoms in total. The smallest absolute Gasteiger partial charge is 0.142 e. The van der Waals surface area contributed by atoms with Crippen molar-refractivity contribution < 1.29 is 4.79 Å². The van der Waals surface area contributed by atoms with Crippen molar-refractivity contribution in [1.82, 2.24) is 0 Å². The van der Waals surface area contributed by atoms with Gasteiger partial charge in [0.1, 0.15) is 6.29 Å². The van der Waals surface area contributed by atoms with E-state index in [-0.39, 0.29) is 0 Å². The van der Waals surface area contributed by atoms with Crippen molar-refractivity contribution in [3.8, 4) is 0 Å². The highest BCUT2D eigenvalue weighted by molar-refractivity contribution is 5.74. The van der Waals surface area contributed by atoms with E-state index in [9.17, 15) is 4.79 Å². The molecule has 0 N–H and O–H groups in total. The molecular formula is C14H16O. The predicted octanol–water partition coefficient (Wildman–Crippen LogP) is 3.12. The number of hydrogen-bond donors (Lipinski definition) is 0. The summed E-state index contributed by atoms with van der Waals surface area (Å²) >= 11 is 0. The lowest BCUT2D eigenvalue weighted by Gasteiger charge is -2.18. The fourth-order valence-corrected chi connectivity index (χ4v) is 2.32. The molecule has 0 unspecified atom stereocenters. The first-order valence-corrected chi connectivity index (χ1v) is 5.39. The van der Waals surface area contributed by atoms with Crippen LogP contribution in [0.1, 0.15) is 37.0 Å². The van der Waals surface area contributed by atoms with Gasteiger partial charge in [0.05, 0.1) is 0 Å². The lowest BCUT2D eigenvalue weighted by Crippen LogP contribution is -2.11. The van der Waals surface area contributed by atoms with Crippen LogP contribution in [0.15, 0.2) is 24.3 Å². The highest BCUT2D eigenvalue weighted by atomic mass is 16.1. The molecule has 1 aromatic carbocycles. The highest BCUT2D eigenvalue weighted by Gasteiger charge is 2.29. The van der Waals surface area contributed by atoms with Crippen molar-refractivity contribution in [1.29, 1.82) is 0 Å². The molecule has 0 saturated heterocycles. The fraction of sp³-hybridized carbons (Fsp3) is 0.357. The third-order valence-electron chi connectivity index (χ3n) is 3.25. The Balaban J connectivity index is 2.37. The van der Waals surface area contributed by atoms with E-state index in [2.05, 4.69) is 32.0 Å². The van der Waals surface area contributed by atoms with Gasteiger partial charge in [0, 0.05) is 0 Å². The molecule has 0 aromatic heterocycles. The molecule has 0 fully saturated rings. The van der Waals surface area contributed by atoms with Gasteiger partial charge in [-0.05, 0) is 41.0 Å². The summed E-state index contributed by atoms with van der Waals surface area (Å²) in [6.07, 6.45) is 6.60. The number of carbonyl (C=O) groups is 1. The normalized spacial score (nSPS) is 18.0. The van der Waals surface area contributed by atoms with E-state index in [0.717, 1.165) is 18.3 Å². The Kier molecular flexibility index (Phi) is 2.47. The van der Waals surface area contributed by atoms with Crippen molar-refractivity contribution in [2.24, 2.45) is 0 Å². The lowest BCUT2D eigenvalue weighted by atomic mass is 9.86. The van der Waals surface area contributed by atoms with Crippen LogP contribution in [-0.2, 0) is 16.6 Å². The van der Waals surface area contributed by atoms with Gasteiger partial charge >= 0.3 is 0 Å². The Labute approximate surface area is 90.8 Å². The van der Waals surface area contributed by atoms with Crippen LogP contribution in [-0.4, -0.2) is 6.29 Å². The summed E-state index contributed by atoms with van der Waals surface area (Å²) in [5.41, 5.74) is 4.35. The van der Waals surface area contributed by atoms with Crippen molar-refractivity contribution in [2.45, 2.75) is 32.1 Å². The van der Waals surface area contributed by atoms with Crippen LogP contribution in [0.2, 0.25) is 0 Å². The van der Waals surface area contributed by atoms with Gasteiger partial charge in [0.25, 0.3) is 0 Å². The molecule has 0 atom stereocenters. The van der Waals surface area contributed by atoms with E-state index in [1.165, 1.54) is 17.5 Å². The van der Waals surface area contributed by atoms with Gasteiger partial charge in [-0.1, -0.05) is 38.1 Å². The second-order valence-electron chi connectivity index (χ2n) is 4.80. The predicted molar refractivity (Wildman–Crippen MR) is 62.9 cm³/mol. The average Bonchev–Trinajstić information content (AvgIpc) is 2.52. The van der Waals surface area contributed by atoms with Gasteiger partial charge in [0.2, 0.25) is 0 Å². The molecule has 0 bridgehead atoms. The van der Waals surface area contributed by atoms with Gasteiger partial charge in [-0.25, -0.2) is 0 Å². The molecule has 0 spiro atoms. The minimum Gasteiger partial charge on any atom is -0.299 e. The minimum absolute atomic E-state index is 0.322. The SMILES string of the molecule is CC1(C)CCc2cc(C=CC=O)ccc21. The molecule has 0 radical (unpaired) electrons. The van der Waals surface area contributed by atoms with Crippen LogP contribution in [0.4, 0.5) is 0 Å². The van der Waals surface area contributed by atoms with Crippen molar-refractivity contribution in [3.63, 3.8) is 0 Å². The molecule has 1 aliphatic rings. The van der Waals surface area contributed by atoms with Crippen molar-refractivity contribution >= 4 is 12.4 Å². The molecule has 0 saturated carbocycles. The molecule has 78 valence electrons. The third-order valence-corrected chi connectivity index (χ3v) is 3.25. The molecule has 0 amide bonds. The summed E-state index contributed by atoms with van der Waals surface area (Å²) in [5.74, 6) is 0. The Hall–Kier alpha value is -1.37. The van der Waals surface area contributed by atoms with Gasteiger partial charge in [-0.3, -0.25) is 4.79 Å². The number of allylic oxidation sites excluding steroid dienone is 1. The molecule has 1 heteroatoms. The largest absolute Gasteiger partial charge is 0.299 e. The Bertz CT molecular complexity index is 413. The molecule has 2 rings (SSSR count). The second kappa shape index (κ2) is 3.65. The number of aldehydes is 1. The second-order valence-corrected chi connectivity index (χ2v) is 4.80. The zero-order valence-corrected chi connectivity index (χ0v) is 9.29. The molecule has 1 aliphatic carbocycles. The summed E-state index contributed by atoms with van der Waals surface area (Å²) in [5, 5.41) is 0. The summed E-state index contributed by atoms with van der Waals surface area (Å²) in [6, 6.07) is 6.49. The van der Waals surface area contributed by atoms with Crippen LogP contribution >= 0.6 is 0 Å². The van der Waals surface area contributed by atoms with Gasteiger partial charge in [-0.15, -0.1) is 0 Å². The standard InChI is InChI=1S/C14H16O/c1-14(2)8-7-12-10-11(4-3-9-15)5-6-13(12)14/h3-6,9-10H,7-8H2,1-2H3. The number of fused-ring (bicyclic) bond motifs is 1. The summed E-state index contributed by atoms with van der Waals surface area (Å²) in [6.45, 7) is 4.58. The molecule has 1 aromatic rings. The number of benzene rings is 1. The van der Waals surface area contributed by atoms with E-state index in [0.29, 0.717) is 5.41 Å². The maximum Gasteiger partial charge on any atom is 0.142 e. The first-order valence-electron chi connectivity index (χ1n) is 5.39. The molecule has 0 aliphatic heterocycles. The third kappa shape index (κ3) is 1.87. The maximum absolute atomic E-state index is 10.2. The first-order chi connectivity index (χ1) is 7.13. The van der Waals surface area contributed by atoms with Crippen LogP contribution < -0.4 is 0 Å². The van der Waals surface area contributed by atoms with Crippen molar-refractivity contribution in [3.05, 3.63) is 41.0 Å². The zero-order chi connectivity index (χ0) is 10.9. The van der Waals surface area contributed by atoms with E-state index in [1.54, 1.807) is 6.08 Å². The van der Waals surface area contributed by atoms with Crippen LogP contribution in [0, 0.1) is 0 Å². The summed E-state index contributed by atoms with van der Waals surface area (Å²) < 4.78 is 0. The van der Waals surface area contributed by atoms with E-state index >= 15 is 0 Å². The highest BCUT2D eigenvalue weighted by Crippen LogP contribution is 2.38. The van der Waals surface area contributed by atoms with Gasteiger partial charge in [-0.2, -0.15) is 0 Å². The molecule has 15 heavy (non-hydrogen) atoms. The lowest BCUT2D eigenvalue weighted by molar-refractivity contribution is -0.104. The maximum atomic E-state index is 10.2. The number of hydrogen-bond acceptors (Lipinski definition) is 1. The fourth-order valence-electron chi connectivity index (χ4n) is 2.32. The van der Waals surface area contributed by atoms with E-state index < -0.39 is 0 Å². The monoisotopic (exact) mass is 200 g/mol. The van der Waals surface area contributed by atoms with E-state index in [1.807, 2.05) is 6.08 Å². The topological polar surface area (TPSA) is 17.1 Å². The average molecular weight is 200 g/mol. The Morgan fingerprint density at radius 2 is 2.13 bits per heavy atom. The first kappa shape index (κ1) is 10.2. The van der Waals surface area contributed by atoms with Crippen LogP contribution in [0.3, 0.4) is 0 Å². The number of rotatable bonds is 2. The zero-order valence-electron chi connectivity index (χ0n) is 9.29. The van der Waals surface area contributed by atoms with Gasteiger partial charge < -0.3 is 0 Å². The Morgan fingerprint density at radius 3 is 2.87 bits per heavy atom. The van der Waals surface area contributed by atoms with Crippen molar-refractivity contribution in [2.75, 3.05) is 0 Å².